The van der Waals surface area contributed by atoms with Crippen molar-refractivity contribution in [1.82, 2.24) is 0 Å². The normalized spacial score (nSPS) is 12.8. The van der Waals surface area contributed by atoms with Gasteiger partial charge in [0.2, 0.25) is 0 Å². The Morgan fingerprint density at radius 3 is 2.16 bits per heavy atom. The molecule has 0 fully saturated rings. The third kappa shape index (κ3) is 7.81. The van der Waals surface area contributed by atoms with Gasteiger partial charge in [0, 0.05) is 0 Å². The molecule has 0 spiro atoms. The highest BCUT2D eigenvalue weighted by Gasteiger charge is 2.18. The van der Waals surface area contributed by atoms with E-state index in [2.05, 4.69) is 4.74 Å². The van der Waals surface area contributed by atoms with E-state index in [1.54, 1.807) is 0 Å². The van der Waals surface area contributed by atoms with E-state index < -0.39 is 12.8 Å². The van der Waals surface area contributed by atoms with Gasteiger partial charge in [-0.3, -0.25) is 0 Å². The Labute approximate surface area is 110 Å². The number of hydrogen-bond donors (Lipinski definition) is 0. The minimum atomic E-state index is -3.12. The zero-order chi connectivity index (χ0) is 13.9. The van der Waals surface area contributed by atoms with Crippen molar-refractivity contribution in [3.05, 3.63) is 35.9 Å². The summed E-state index contributed by atoms with van der Waals surface area (Å²) in [4.78, 5) is 0. The Morgan fingerprint density at radius 1 is 0.842 bits per heavy atom. The van der Waals surface area contributed by atoms with E-state index in [4.69, 9.17) is 9.47 Å². The minimum absolute atomic E-state index is 0.0574. The molecule has 1 aromatic rings. The number of halogens is 3. The Hall–Kier alpha value is -1.11. The standard InChI is InChI=1S/C13H17F3O3/c14-12(15)13(16)19-9-8-17-6-7-18-10-11-4-2-1-3-5-11/h1-5,12-13H,6-10H2. The highest BCUT2D eigenvalue weighted by molar-refractivity contribution is 5.13. The van der Waals surface area contributed by atoms with Gasteiger partial charge in [0.25, 0.3) is 12.8 Å². The summed E-state index contributed by atoms with van der Waals surface area (Å²) in [5.74, 6) is 0. The number of benzene rings is 1. The zero-order valence-electron chi connectivity index (χ0n) is 10.4. The fourth-order valence-corrected chi connectivity index (χ4v) is 1.28. The third-order valence-electron chi connectivity index (χ3n) is 2.19. The predicted octanol–water partition coefficient (Wildman–Crippen LogP) is 2.80. The van der Waals surface area contributed by atoms with Crippen LogP contribution in [0.2, 0.25) is 0 Å². The summed E-state index contributed by atoms with van der Waals surface area (Å²) in [7, 11) is 0. The quantitative estimate of drug-likeness (QED) is 0.616. The van der Waals surface area contributed by atoms with Crippen LogP contribution in [0.1, 0.15) is 5.56 Å². The SMILES string of the molecule is FC(F)C(F)OCCOCCOCc1ccccc1. The fraction of sp³-hybridized carbons (Fsp3) is 0.538. The Morgan fingerprint density at radius 2 is 1.47 bits per heavy atom. The summed E-state index contributed by atoms with van der Waals surface area (Å²) in [6.45, 7) is 1.02. The monoisotopic (exact) mass is 278 g/mol. The van der Waals surface area contributed by atoms with Crippen molar-refractivity contribution in [3.63, 3.8) is 0 Å². The molecule has 19 heavy (non-hydrogen) atoms. The first kappa shape index (κ1) is 15.9. The van der Waals surface area contributed by atoms with Gasteiger partial charge in [-0.1, -0.05) is 30.3 Å². The van der Waals surface area contributed by atoms with E-state index in [-0.39, 0.29) is 13.2 Å². The molecule has 0 aliphatic rings. The molecule has 1 rings (SSSR count). The second-order valence-electron chi connectivity index (χ2n) is 3.71. The number of hydrogen-bond acceptors (Lipinski definition) is 3. The molecule has 0 radical (unpaired) electrons. The van der Waals surface area contributed by atoms with Crippen LogP contribution in [0.4, 0.5) is 13.2 Å². The number of alkyl halides is 3. The fourth-order valence-electron chi connectivity index (χ4n) is 1.28. The summed E-state index contributed by atoms with van der Waals surface area (Å²) >= 11 is 0. The first-order chi connectivity index (χ1) is 9.20. The van der Waals surface area contributed by atoms with Crippen LogP contribution in [0.15, 0.2) is 30.3 Å². The van der Waals surface area contributed by atoms with E-state index in [9.17, 15) is 13.2 Å². The molecule has 0 saturated carbocycles. The molecule has 6 heteroatoms. The molecule has 0 aromatic heterocycles. The molecule has 1 unspecified atom stereocenters. The van der Waals surface area contributed by atoms with Gasteiger partial charge in [0.1, 0.15) is 0 Å². The molecule has 0 bridgehead atoms. The van der Waals surface area contributed by atoms with Crippen LogP contribution in [0, 0.1) is 0 Å². The van der Waals surface area contributed by atoms with Crippen molar-refractivity contribution in [2.45, 2.75) is 19.4 Å². The predicted molar refractivity (Wildman–Crippen MR) is 63.8 cm³/mol. The maximum absolute atomic E-state index is 12.3. The number of rotatable bonds is 10. The lowest BCUT2D eigenvalue weighted by atomic mass is 10.2. The average Bonchev–Trinajstić information content (AvgIpc) is 2.42. The summed E-state index contributed by atoms with van der Waals surface area (Å²) in [6, 6.07) is 9.65. The van der Waals surface area contributed by atoms with E-state index in [1.807, 2.05) is 30.3 Å². The van der Waals surface area contributed by atoms with Crippen molar-refractivity contribution in [2.24, 2.45) is 0 Å². The second-order valence-corrected chi connectivity index (χ2v) is 3.71. The lowest BCUT2D eigenvalue weighted by Gasteiger charge is -2.09. The lowest BCUT2D eigenvalue weighted by Crippen LogP contribution is -2.19. The Kier molecular flexibility index (Phi) is 8.20. The van der Waals surface area contributed by atoms with E-state index >= 15 is 0 Å². The molecule has 108 valence electrons. The third-order valence-corrected chi connectivity index (χ3v) is 2.19. The van der Waals surface area contributed by atoms with E-state index in [1.165, 1.54) is 0 Å². The van der Waals surface area contributed by atoms with Gasteiger partial charge in [-0.05, 0) is 5.56 Å². The van der Waals surface area contributed by atoms with Gasteiger partial charge in [0.15, 0.2) is 0 Å². The Balaban J connectivity index is 1.89. The smallest absolute Gasteiger partial charge is 0.293 e. The lowest BCUT2D eigenvalue weighted by molar-refractivity contribution is -0.138. The first-order valence-corrected chi connectivity index (χ1v) is 5.93. The molecule has 0 aliphatic carbocycles. The second kappa shape index (κ2) is 9.77. The van der Waals surface area contributed by atoms with Crippen LogP contribution in [0.25, 0.3) is 0 Å². The van der Waals surface area contributed by atoms with Gasteiger partial charge in [-0.25, -0.2) is 13.2 Å². The molecule has 0 aliphatic heterocycles. The van der Waals surface area contributed by atoms with Gasteiger partial charge >= 0.3 is 0 Å². The van der Waals surface area contributed by atoms with Crippen LogP contribution in [0.5, 0.6) is 0 Å². The highest BCUT2D eigenvalue weighted by atomic mass is 19.3. The molecule has 1 aromatic carbocycles. The summed E-state index contributed by atoms with van der Waals surface area (Å²) < 4.78 is 50.3. The average molecular weight is 278 g/mol. The summed E-state index contributed by atoms with van der Waals surface area (Å²) in [6.07, 6.45) is -5.66. The molecule has 0 saturated heterocycles. The molecule has 0 N–H and O–H groups in total. The molecule has 0 heterocycles. The van der Waals surface area contributed by atoms with E-state index in [0.29, 0.717) is 19.8 Å². The van der Waals surface area contributed by atoms with Crippen LogP contribution in [-0.4, -0.2) is 39.2 Å². The maximum Gasteiger partial charge on any atom is 0.293 e. The van der Waals surface area contributed by atoms with E-state index in [0.717, 1.165) is 5.56 Å². The van der Waals surface area contributed by atoms with Crippen molar-refractivity contribution in [3.8, 4) is 0 Å². The minimum Gasteiger partial charge on any atom is -0.377 e. The topological polar surface area (TPSA) is 27.7 Å². The maximum atomic E-state index is 12.3. The van der Waals surface area contributed by atoms with Crippen molar-refractivity contribution < 1.29 is 27.4 Å². The van der Waals surface area contributed by atoms with Crippen molar-refractivity contribution in [2.75, 3.05) is 26.4 Å². The summed E-state index contributed by atoms with van der Waals surface area (Å²) in [5, 5.41) is 0. The zero-order valence-corrected chi connectivity index (χ0v) is 10.4. The molecule has 1 atom stereocenters. The number of ether oxygens (including phenoxy) is 3. The van der Waals surface area contributed by atoms with Crippen LogP contribution in [-0.2, 0) is 20.8 Å². The van der Waals surface area contributed by atoms with Gasteiger partial charge < -0.3 is 14.2 Å². The summed E-state index contributed by atoms with van der Waals surface area (Å²) in [5.41, 5.74) is 1.06. The van der Waals surface area contributed by atoms with Crippen molar-refractivity contribution in [1.29, 1.82) is 0 Å². The van der Waals surface area contributed by atoms with Crippen LogP contribution >= 0.6 is 0 Å². The Bertz CT molecular complexity index is 322. The first-order valence-electron chi connectivity index (χ1n) is 5.93. The largest absolute Gasteiger partial charge is 0.377 e. The molecular weight excluding hydrogens is 261 g/mol. The van der Waals surface area contributed by atoms with Crippen LogP contribution in [0.3, 0.4) is 0 Å². The highest BCUT2D eigenvalue weighted by Crippen LogP contribution is 2.06. The van der Waals surface area contributed by atoms with Crippen LogP contribution < -0.4 is 0 Å². The van der Waals surface area contributed by atoms with Gasteiger partial charge in [-0.2, -0.15) is 0 Å². The van der Waals surface area contributed by atoms with Gasteiger partial charge in [-0.15, -0.1) is 0 Å². The van der Waals surface area contributed by atoms with Gasteiger partial charge in [0.05, 0.1) is 33.0 Å². The molecule has 3 nitrogen and oxygen atoms in total. The molecule has 0 amide bonds. The van der Waals surface area contributed by atoms with Crippen molar-refractivity contribution >= 4 is 0 Å². The molecular formula is C13H17F3O3.